The van der Waals surface area contributed by atoms with Crippen molar-refractivity contribution in [1.82, 2.24) is 10.1 Å². The third-order valence-corrected chi connectivity index (χ3v) is 6.85. The van der Waals surface area contributed by atoms with Gasteiger partial charge in [-0.15, -0.1) is 0 Å². The van der Waals surface area contributed by atoms with E-state index in [-0.39, 0.29) is 17.6 Å². The molecular weight excluding hydrogens is 390 g/mol. The molecule has 31 heavy (non-hydrogen) atoms. The molecule has 2 aromatic rings. The number of hydrogen-bond donors (Lipinski definition) is 1. The predicted octanol–water partition coefficient (Wildman–Crippen LogP) is 3.88. The number of ketones is 1. The number of Topliss-reactive ketones (excluding diaryl/α,β-unsaturated/α-hetero) is 1. The maximum absolute atomic E-state index is 12.8. The number of piperidine rings is 1. The molecule has 1 aromatic heterocycles. The van der Waals surface area contributed by atoms with Crippen LogP contribution < -0.4 is 5.73 Å². The Balaban J connectivity index is 1.23. The first-order chi connectivity index (χ1) is 14.9. The van der Waals surface area contributed by atoms with Gasteiger partial charge in [-0.3, -0.25) is 9.59 Å². The van der Waals surface area contributed by atoms with Crippen LogP contribution in [-0.2, 0) is 11.2 Å². The first kappa shape index (κ1) is 21.8. The molecule has 1 aliphatic carbocycles. The second-order valence-electron chi connectivity index (χ2n) is 9.45. The number of aryl methyl sites for hydroxylation is 1. The maximum atomic E-state index is 12.8. The molecule has 1 unspecified atom stereocenters. The summed E-state index contributed by atoms with van der Waals surface area (Å²) in [6.07, 6.45) is 5.11. The third-order valence-electron chi connectivity index (χ3n) is 6.85. The van der Waals surface area contributed by atoms with Gasteiger partial charge in [-0.05, 0) is 56.4 Å². The molecule has 0 bridgehead atoms. The van der Waals surface area contributed by atoms with Crippen LogP contribution in [0.3, 0.4) is 0 Å². The average molecular weight is 424 g/mol. The fourth-order valence-electron chi connectivity index (χ4n) is 4.53. The Bertz CT molecular complexity index is 908. The van der Waals surface area contributed by atoms with Crippen molar-refractivity contribution in [1.29, 1.82) is 0 Å². The van der Waals surface area contributed by atoms with E-state index >= 15 is 0 Å². The summed E-state index contributed by atoms with van der Waals surface area (Å²) >= 11 is 0. The lowest BCUT2D eigenvalue weighted by Gasteiger charge is -2.36. The minimum atomic E-state index is -0.508. The quantitative estimate of drug-likeness (QED) is 0.651. The lowest BCUT2D eigenvalue weighted by atomic mass is 9.82. The Kier molecular flexibility index (Phi) is 6.56. The summed E-state index contributed by atoms with van der Waals surface area (Å²) in [7, 11) is 0. The summed E-state index contributed by atoms with van der Waals surface area (Å²) in [5.41, 5.74) is 8.97. The van der Waals surface area contributed by atoms with Crippen molar-refractivity contribution < 1.29 is 14.1 Å². The van der Waals surface area contributed by atoms with Gasteiger partial charge in [-0.1, -0.05) is 41.9 Å². The molecule has 1 amide bonds. The molecule has 2 N–H and O–H groups in total. The molecule has 2 aliphatic rings. The number of nitrogens with zero attached hydrogens (tertiary/aromatic N) is 2. The van der Waals surface area contributed by atoms with Gasteiger partial charge >= 0.3 is 0 Å². The molecule has 6 heteroatoms. The molecule has 1 saturated heterocycles. The van der Waals surface area contributed by atoms with Crippen molar-refractivity contribution in [3.63, 3.8) is 0 Å². The number of hydrogen-bond acceptors (Lipinski definition) is 5. The third kappa shape index (κ3) is 5.42. The SMILES string of the molecule is Cc1ccc(C[C@@H](N)C(=O)N2CCC(C(C)CC(=O)c3cc(C4CC4)on3)CC2)cc1. The van der Waals surface area contributed by atoms with Crippen LogP contribution in [0.4, 0.5) is 0 Å². The Morgan fingerprint density at radius 2 is 1.84 bits per heavy atom. The normalized spacial score (nSPS) is 19.3. The minimum Gasteiger partial charge on any atom is -0.360 e. The van der Waals surface area contributed by atoms with Crippen LogP contribution in [0.5, 0.6) is 0 Å². The summed E-state index contributed by atoms with van der Waals surface area (Å²) in [5, 5.41) is 3.98. The lowest BCUT2D eigenvalue weighted by molar-refractivity contribution is -0.134. The Hall–Kier alpha value is -2.47. The number of aromatic nitrogens is 1. The van der Waals surface area contributed by atoms with E-state index < -0.39 is 6.04 Å². The van der Waals surface area contributed by atoms with E-state index in [2.05, 4.69) is 12.1 Å². The van der Waals surface area contributed by atoms with Crippen LogP contribution in [-0.4, -0.2) is 40.9 Å². The molecule has 2 fully saturated rings. The monoisotopic (exact) mass is 423 g/mol. The predicted molar refractivity (Wildman–Crippen MR) is 119 cm³/mol. The number of carbonyl (C=O) groups is 2. The van der Waals surface area contributed by atoms with E-state index in [0.717, 1.165) is 37.0 Å². The first-order valence-corrected chi connectivity index (χ1v) is 11.5. The van der Waals surface area contributed by atoms with Crippen LogP contribution in [0, 0.1) is 18.8 Å². The number of carbonyl (C=O) groups excluding carboxylic acids is 2. The minimum absolute atomic E-state index is 0.0259. The fourth-order valence-corrected chi connectivity index (χ4v) is 4.53. The number of nitrogens with two attached hydrogens (primary N) is 1. The van der Waals surface area contributed by atoms with E-state index in [4.69, 9.17) is 10.3 Å². The Labute approximate surface area is 184 Å². The van der Waals surface area contributed by atoms with Crippen molar-refractivity contribution in [3.8, 4) is 0 Å². The van der Waals surface area contributed by atoms with Crippen molar-refractivity contribution in [3.05, 3.63) is 52.9 Å². The van der Waals surface area contributed by atoms with Crippen LogP contribution in [0.1, 0.15) is 72.3 Å². The number of rotatable bonds is 8. The molecule has 1 saturated carbocycles. The highest BCUT2D eigenvalue weighted by molar-refractivity contribution is 5.94. The summed E-state index contributed by atoms with van der Waals surface area (Å²) in [4.78, 5) is 27.3. The van der Waals surface area contributed by atoms with Crippen LogP contribution in [0.2, 0.25) is 0 Å². The summed E-state index contributed by atoms with van der Waals surface area (Å²) in [6.45, 7) is 5.59. The van der Waals surface area contributed by atoms with Crippen LogP contribution in [0.25, 0.3) is 0 Å². The summed E-state index contributed by atoms with van der Waals surface area (Å²) < 4.78 is 5.32. The van der Waals surface area contributed by atoms with E-state index in [9.17, 15) is 9.59 Å². The molecule has 166 valence electrons. The van der Waals surface area contributed by atoms with Crippen LogP contribution in [0.15, 0.2) is 34.9 Å². The topological polar surface area (TPSA) is 89.4 Å². The standard InChI is InChI=1S/C25H33N3O3/c1-16-3-5-18(6-4-16)14-21(26)25(30)28-11-9-19(10-12-28)17(2)13-23(29)22-15-24(31-27-22)20-7-8-20/h3-6,15,17,19-21H,7-14,26H2,1-2H3/t17?,21-/m1/s1. The van der Waals surface area contributed by atoms with Crippen LogP contribution >= 0.6 is 0 Å². The highest BCUT2D eigenvalue weighted by Gasteiger charge is 2.31. The first-order valence-electron chi connectivity index (χ1n) is 11.5. The average Bonchev–Trinajstić information content (AvgIpc) is 3.51. The zero-order valence-corrected chi connectivity index (χ0v) is 18.5. The van der Waals surface area contributed by atoms with Gasteiger partial charge in [-0.25, -0.2) is 0 Å². The van der Waals surface area contributed by atoms with Crippen molar-refractivity contribution >= 4 is 11.7 Å². The molecule has 1 aliphatic heterocycles. The van der Waals surface area contributed by atoms with Gasteiger partial charge in [0.2, 0.25) is 5.91 Å². The Morgan fingerprint density at radius 1 is 1.16 bits per heavy atom. The smallest absolute Gasteiger partial charge is 0.239 e. The van der Waals surface area contributed by atoms with E-state index in [1.54, 1.807) is 0 Å². The lowest BCUT2D eigenvalue weighted by Crippen LogP contribution is -2.48. The molecule has 4 rings (SSSR count). The van der Waals surface area contributed by atoms with Gasteiger partial charge in [0, 0.05) is 31.5 Å². The molecule has 0 radical (unpaired) electrons. The second-order valence-corrected chi connectivity index (χ2v) is 9.45. The summed E-state index contributed by atoms with van der Waals surface area (Å²) in [6, 6.07) is 9.49. The fraction of sp³-hybridized carbons (Fsp3) is 0.560. The highest BCUT2D eigenvalue weighted by atomic mass is 16.5. The van der Waals surface area contributed by atoms with Gasteiger partial charge < -0.3 is 15.2 Å². The van der Waals surface area contributed by atoms with E-state index in [1.165, 1.54) is 5.56 Å². The zero-order valence-electron chi connectivity index (χ0n) is 18.5. The zero-order chi connectivity index (χ0) is 22.0. The second kappa shape index (κ2) is 9.35. The van der Waals surface area contributed by atoms with Crippen molar-refractivity contribution in [2.75, 3.05) is 13.1 Å². The van der Waals surface area contributed by atoms with Crippen molar-refractivity contribution in [2.24, 2.45) is 17.6 Å². The largest absolute Gasteiger partial charge is 0.360 e. The van der Waals surface area contributed by atoms with Gasteiger partial charge in [0.15, 0.2) is 5.78 Å². The van der Waals surface area contributed by atoms with Gasteiger partial charge in [0.1, 0.15) is 11.5 Å². The van der Waals surface area contributed by atoms with Gasteiger partial charge in [-0.2, -0.15) is 0 Å². The number of likely N-dealkylation sites (tertiary alicyclic amines) is 1. The highest BCUT2D eigenvalue weighted by Crippen LogP contribution is 2.40. The number of amides is 1. The number of benzene rings is 1. The van der Waals surface area contributed by atoms with Crippen molar-refractivity contribution in [2.45, 2.75) is 64.3 Å². The molecule has 1 aromatic carbocycles. The van der Waals surface area contributed by atoms with Gasteiger partial charge in [0.05, 0.1) is 6.04 Å². The molecule has 6 nitrogen and oxygen atoms in total. The van der Waals surface area contributed by atoms with Gasteiger partial charge in [0.25, 0.3) is 0 Å². The molecular formula is C25H33N3O3. The maximum Gasteiger partial charge on any atom is 0.239 e. The van der Waals surface area contributed by atoms with E-state index in [1.807, 2.05) is 42.2 Å². The molecule has 2 heterocycles. The Morgan fingerprint density at radius 3 is 2.48 bits per heavy atom. The molecule has 2 atom stereocenters. The van der Waals surface area contributed by atoms with E-state index in [0.29, 0.717) is 43.5 Å². The summed E-state index contributed by atoms with van der Waals surface area (Å²) in [5.74, 6) is 2.08. The molecule has 0 spiro atoms.